The molecule has 3 N–H and O–H groups in total. The molecule has 0 saturated carbocycles. The van der Waals surface area contributed by atoms with Crippen molar-refractivity contribution in [1.29, 1.82) is 0 Å². The quantitative estimate of drug-likeness (QED) is 0.711. The molecule has 1 atom stereocenters. The standard InChI is InChI=1S/C14H16N4O4/c19-10-3-4-14(5-7-18(10)8-11(20)21)16-12-9(13(22)17-14)2-1-6-15-12/h1-2,6H,3-5,7-8H2,(H,15,16)(H,17,22)(H,20,21)/t14-/m0/s1. The molecule has 116 valence electrons. The van der Waals surface area contributed by atoms with Crippen molar-refractivity contribution in [1.82, 2.24) is 15.2 Å². The topological polar surface area (TPSA) is 112 Å². The lowest BCUT2D eigenvalue weighted by Crippen LogP contribution is -2.58. The molecule has 0 unspecified atom stereocenters. The van der Waals surface area contributed by atoms with E-state index in [4.69, 9.17) is 5.11 Å². The Labute approximate surface area is 126 Å². The summed E-state index contributed by atoms with van der Waals surface area (Å²) in [4.78, 5) is 40.5. The molecule has 2 aliphatic heterocycles. The molecule has 0 bridgehead atoms. The molecular formula is C14H16N4O4. The Kier molecular flexibility index (Phi) is 3.44. The van der Waals surface area contributed by atoms with Gasteiger partial charge < -0.3 is 20.6 Å². The van der Waals surface area contributed by atoms with E-state index in [1.165, 1.54) is 4.90 Å². The Morgan fingerprint density at radius 3 is 2.95 bits per heavy atom. The lowest BCUT2D eigenvalue weighted by atomic mass is 9.97. The zero-order valence-electron chi connectivity index (χ0n) is 11.8. The molecule has 2 amide bonds. The Morgan fingerprint density at radius 2 is 2.18 bits per heavy atom. The number of fused-ring (bicyclic) bond motifs is 1. The van der Waals surface area contributed by atoms with Crippen LogP contribution in [0.25, 0.3) is 0 Å². The number of likely N-dealkylation sites (tertiary alicyclic amines) is 1. The molecule has 1 aromatic heterocycles. The van der Waals surface area contributed by atoms with Crippen LogP contribution in [-0.2, 0) is 9.59 Å². The minimum Gasteiger partial charge on any atom is -0.480 e. The maximum absolute atomic E-state index is 12.2. The van der Waals surface area contributed by atoms with Gasteiger partial charge in [0.1, 0.15) is 18.0 Å². The highest BCUT2D eigenvalue weighted by atomic mass is 16.4. The number of nitrogens with zero attached hydrogens (tertiary/aromatic N) is 2. The molecule has 8 nitrogen and oxygen atoms in total. The highest BCUT2D eigenvalue weighted by Gasteiger charge is 2.41. The van der Waals surface area contributed by atoms with Gasteiger partial charge in [0.2, 0.25) is 5.91 Å². The number of rotatable bonds is 2. The second kappa shape index (κ2) is 5.28. The van der Waals surface area contributed by atoms with Crippen LogP contribution in [0.5, 0.6) is 0 Å². The van der Waals surface area contributed by atoms with Gasteiger partial charge in [-0.25, -0.2) is 4.98 Å². The minimum atomic E-state index is -1.04. The van der Waals surface area contributed by atoms with E-state index in [2.05, 4.69) is 15.6 Å². The summed E-state index contributed by atoms with van der Waals surface area (Å²) in [5.74, 6) is -1.01. The smallest absolute Gasteiger partial charge is 0.323 e. The second-order valence-corrected chi connectivity index (χ2v) is 5.52. The van der Waals surface area contributed by atoms with Crippen molar-refractivity contribution in [3.8, 4) is 0 Å². The predicted molar refractivity (Wildman–Crippen MR) is 76.1 cm³/mol. The average Bonchev–Trinajstić information content (AvgIpc) is 2.61. The van der Waals surface area contributed by atoms with Crippen molar-refractivity contribution in [3.63, 3.8) is 0 Å². The van der Waals surface area contributed by atoms with E-state index in [0.717, 1.165) is 0 Å². The fourth-order valence-corrected chi connectivity index (χ4v) is 2.87. The number of hydrogen-bond donors (Lipinski definition) is 3. The maximum Gasteiger partial charge on any atom is 0.323 e. The largest absolute Gasteiger partial charge is 0.480 e. The molecule has 22 heavy (non-hydrogen) atoms. The number of pyridine rings is 1. The third-order valence-electron chi connectivity index (χ3n) is 4.02. The molecule has 1 aromatic rings. The van der Waals surface area contributed by atoms with E-state index < -0.39 is 11.6 Å². The number of nitrogens with one attached hydrogen (secondary N) is 2. The molecule has 1 saturated heterocycles. The van der Waals surface area contributed by atoms with Gasteiger partial charge in [0.15, 0.2) is 0 Å². The summed E-state index contributed by atoms with van der Waals surface area (Å²) in [7, 11) is 0. The van der Waals surface area contributed by atoms with Crippen LogP contribution in [-0.4, -0.2) is 51.5 Å². The van der Waals surface area contributed by atoms with Crippen LogP contribution in [0.3, 0.4) is 0 Å². The van der Waals surface area contributed by atoms with Gasteiger partial charge in [0.25, 0.3) is 5.91 Å². The van der Waals surface area contributed by atoms with Crippen molar-refractivity contribution in [3.05, 3.63) is 23.9 Å². The Morgan fingerprint density at radius 1 is 1.36 bits per heavy atom. The molecule has 0 radical (unpaired) electrons. The number of carboxylic acid groups (broad SMARTS) is 1. The lowest BCUT2D eigenvalue weighted by Gasteiger charge is -2.39. The van der Waals surface area contributed by atoms with Gasteiger partial charge in [-0.15, -0.1) is 0 Å². The van der Waals surface area contributed by atoms with Gasteiger partial charge >= 0.3 is 5.97 Å². The molecule has 0 aliphatic carbocycles. The number of carbonyl (C=O) groups excluding carboxylic acids is 2. The van der Waals surface area contributed by atoms with Crippen LogP contribution in [0, 0.1) is 0 Å². The average molecular weight is 304 g/mol. The second-order valence-electron chi connectivity index (χ2n) is 5.52. The van der Waals surface area contributed by atoms with Gasteiger partial charge in [-0.3, -0.25) is 14.4 Å². The Balaban J connectivity index is 1.82. The number of amides is 2. The third-order valence-corrected chi connectivity index (χ3v) is 4.02. The highest BCUT2D eigenvalue weighted by Crippen LogP contribution is 2.30. The molecule has 3 rings (SSSR count). The van der Waals surface area contributed by atoms with Gasteiger partial charge in [0.05, 0.1) is 5.56 Å². The van der Waals surface area contributed by atoms with Gasteiger partial charge in [-0.05, 0) is 18.6 Å². The summed E-state index contributed by atoms with van der Waals surface area (Å²) >= 11 is 0. The first kappa shape index (κ1) is 14.3. The number of anilines is 1. The van der Waals surface area contributed by atoms with Crippen molar-refractivity contribution < 1.29 is 19.5 Å². The fraction of sp³-hybridized carbons (Fsp3) is 0.429. The minimum absolute atomic E-state index is 0.169. The third kappa shape index (κ3) is 2.59. The van der Waals surface area contributed by atoms with E-state index in [9.17, 15) is 14.4 Å². The first-order valence-electron chi connectivity index (χ1n) is 7.04. The van der Waals surface area contributed by atoms with Crippen LogP contribution in [0.4, 0.5) is 5.82 Å². The molecule has 3 heterocycles. The zero-order chi connectivity index (χ0) is 15.7. The molecule has 0 aromatic carbocycles. The summed E-state index contributed by atoms with van der Waals surface area (Å²) in [6, 6.07) is 3.36. The summed E-state index contributed by atoms with van der Waals surface area (Å²) in [6.45, 7) is -0.0573. The molecule has 1 fully saturated rings. The fourth-order valence-electron chi connectivity index (χ4n) is 2.87. The number of carboxylic acids is 1. The number of hydrogen-bond acceptors (Lipinski definition) is 5. The summed E-state index contributed by atoms with van der Waals surface area (Å²) in [6.07, 6.45) is 2.58. The van der Waals surface area contributed by atoms with E-state index in [1.807, 2.05) is 0 Å². The van der Waals surface area contributed by atoms with Crippen molar-refractivity contribution in [2.75, 3.05) is 18.4 Å². The van der Waals surface area contributed by atoms with E-state index in [0.29, 0.717) is 24.2 Å². The molecule has 1 spiro atoms. The normalized spacial score (nSPS) is 24.3. The van der Waals surface area contributed by atoms with Gasteiger partial charge in [0, 0.05) is 25.6 Å². The van der Waals surface area contributed by atoms with Crippen LogP contribution >= 0.6 is 0 Å². The summed E-state index contributed by atoms with van der Waals surface area (Å²) in [5, 5.41) is 15.0. The van der Waals surface area contributed by atoms with Gasteiger partial charge in [-0.2, -0.15) is 0 Å². The first-order chi connectivity index (χ1) is 10.5. The van der Waals surface area contributed by atoms with Crippen LogP contribution in [0.1, 0.15) is 29.6 Å². The maximum atomic E-state index is 12.2. The Bertz CT molecular complexity index is 647. The van der Waals surface area contributed by atoms with E-state index in [1.54, 1.807) is 18.3 Å². The zero-order valence-corrected chi connectivity index (χ0v) is 11.8. The van der Waals surface area contributed by atoms with E-state index in [-0.39, 0.29) is 31.3 Å². The molecule has 2 aliphatic rings. The van der Waals surface area contributed by atoms with Crippen LogP contribution in [0.2, 0.25) is 0 Å². The lowest BCUT2D eigenvalue weighted by molar-refractivity contribution is -0.144. The van der Waals surface area contributed by atoms with Crippen molar-refractivity contribution >= 4 is 23.6 Å². The van der Waals surface area contributed by atoms with Crippen LogP contribution in [0.15, 0.2) is 18.3 Å². The molecular weight excluding hydrogens is 288 g/mol. The molecule has 8 heteroatoms. The van der Waals surface area contributed by atoms with Crippen molar-refractivity contribution in [2.24, 2.45) is 0 Å². The van der Waals surface area contributed by atoms with E-state index >= 15 is 0 Å². The summed E-state index contributed by atoms with van der Waals surface area (Å²) in [5.41, 5.74) is -0.299. The van der Waals surface area contributed by atoms with Gasteiger partial charge in [-0.1, -0.05) is 0 Å². The van der Waals surface area contributed by atoms with Crippen LogP contribution < -0.4 is 10.6 Å². The number of carbonyl (C=O) groups is 3. The highest BCUT2D eigenvalue weighted by molar-refractivity contribution is 6.01. The monoisotopic (exact) mass is 304 g/mol. The summed E-state index contributed by atoms with van der Waals surface area (Å²) < 4.78 is 0. The SMILES string of the molecule is O=C(O)CN1CC[C@]2(CCC1=O)NC(=O)c1cccnc1N2. The van der Waals surface area contributed by atoms with Crippen molar-refractivity contribution in [2.45, 2.75) is 24.9 Å². The Hall–Kier alpha value is -2.64. The number of aromatic nitrogens is 1. The predicted octanol–water partition coefficient (Wildman–Crippen LogP) is 0.0303. The first-order valence-corrected chi connectivity index (χ1v) is 7.04. The number of aliphatic carboxylic acids is 1.